The van der Waals surface area contributed by atoms with Gasteiger partial charge in [0.05, 0.1) is 6.61 Å². The highest BCUT2D eigenvalue weighted by atomic mass is 19.4. The summed E-state index contributed by atoms with van der Waals surface area (Å²) in [7, 11) is 1.70. The summed E-state index contributed by atoms with van der Waals surface area (Å²) < 4.78 is 42.6. The van der Waals surface area contributed by atoms with E-state index in [1.165, 1.54) is 30.5 Å². The molecule has 2 aromatic carbocycles. The fraction of sp³-hybridized carbons (Fsp3) is 0.375. The number of carbonyl (C=O) groups is 1. The van der Waals surface area contributed by atoms with Crippen LogP contribution in [-0.4, -0.2) is 25.7 Å². The molecular weight excluding hydrogens is 377 g/mol. The topological polar surface area (TPSA) is 26.3 Å². The van der Waals surface area contributed by atoms with Crippen molar-refractivity contribution in [3.8, 4) is 11.1 Å². The number of ether oxygens (including phenoxy) is 1. The second-order valence-electron chi connectivity index (χ2n) is 7.52. The first-order valence-electron chi connectivity index (χ1n) is 9.86. The fourth-order valence-corrected chi connectivity index (χ4v) is 3.91. The Bertz CT molecular complexity index is 828. The quantitative estimate of drug-likeness (QED) is 0.403. The SMILES string of the molecule is COC/C=C/C1CCC(c2ccc(-c3ccc(C(=O)C(F)(F)F)cc3)cc2)CC1. The van der Waals surface area contributed by atoms with Gasteiger partial charge in [0.2, 0.25) is 0 Å². The minimum absolute atomic E-state index is 0.339. The lowest BCUT2D eigenvalue weighted by atomic mass is 9.78. The van der Waals surface area contributed by atoms with Crippen molar-refractivity contribution in [2.24, 2.45) is 5.92 Å². The zero-order chi connectivity index (χ0) is 20.9. The molecule has 0 saturated heterocycles. The summed E-state index contributed by atoms with van der Waals surface area (Å²) >= 11 is 0. The third-order valence-electron chi connectivity index (χ3n) is 5.56. The molecule has 0 aromatic heterocycles. The average Bonchev–Trinajstić information content (AvgIpc) is 2.73. The number of benzene rings is 2. The lowest BCUT2D eigenvalue weighted by Crippen LogP contribution is -2.22. The maximum Gasteiger partial charge on any atom is 0.454 e. The Labute approximate surface area is 169 Å². The number of rotatable bonds is 6. The lowest BCUT2D eigenvalue weighted by Gasteiger charge is -2.27. The molecular formula is C24H25F3O2. The van der Waals surface area contributed by atoms with Gasteiger partial charge in [0, 0.05) is 12.7 Å². The van der Waals surface area contributed by atoms with E-state index in [9.17, 15) is 18.0 Å². The molecule has 154 valence electrons. The summed E-state index contributed by atoms with van der Waals surface area (Å²) in [6, 6.07) is 13.8. The van der Waals surface area contributed by atoms with E-state index in [2.05, 4.69) is 24.3 Å². The molecule has 0 unspecified atom stereocenters. The lowest BCUT2D eigenvalue weighted by molar-refractivity contribution is -0.0885. The normalized spacial score (nSPS) is 20.1. The molecule has 5 heteroatoms. The number of hydrogen-bond donors (Lipinski definition) is 0. The molecule has 0 N–H and O–H groups in total. The predicted octanol–water partition coefficient (Wildman–Crippen LogP) is 6.58. The van der Waals surface area contributed by atoms with E-state index in [-0.39, 0.29) is 5.56 Å². The summed E-state index contributed by atoms with van der Waals surface area (Å²) in [5.74, 6) is -0.645. The number of ketones is 1. The number of allylic oxidation sites excluding steroid dienone is 1. The van der Waals surface area contributed by atoms with Crippen LogP contribution in [0.25, 0.3) is 11.1 Å². The van der Waals surface area contributed by atoms with Crippen molar-refractivity contribution < 1.29 is 22.7 Å². The van der Waals surface area contributed by atoms with Crippen molar-refractivity contribution in [3.63, 3.8) is 0 Å². The van der Waals surface area contributed by atoms with E-state index in [0.717, 1.165) is 24.0 Å². The summed E-state index contributed by atoms with van der Waals surface area (Å²) in [5.41, 5.74) is 2.68. The first-order valence-corrected chi connectivity index (χ1v) is 9.86. The Morgan fingerprint density at radius 1 is 0.966 bits per heavy atom. The summed E-state index contributed by atoms with van der Waals surface area (Å²) in [6.45, 7) is 0.659. The molecule has 0 spiro atoms. The van der Waals surface area contributed by atoms with E-state index < -0.39 is 12.0 Å². The first-order chi connectivity index (χ1) is 13.9. The predicted molar refractivity (Wildman–Crippen MR) is 108 cm³/mol. The van der Waals surface area contributed by atoms with E-state index in [4.69, 9.17) is 4.74 Å². The maximum absolute atomic E-state index is 12.5. The Hall–Kier alpha value is -2.40. The van der Waals surface area contributed by atoms with Crippen LogP contribution in [0.3, 0.4) is 0 Å². The third kappa shape index (κ3) is 5.57. The van der Waals surface area contributed by atoms with E-state index in [1.54, 1.807) is 19.2 Å². The van der Waals surface area contributed by atoms with Gasteiger partial charge in [-0.1, -0.05) is 60.7 Å². The Morgan fingerprint density at radius 3 is 2.03 bits per heavy atom. The molecule has 0 amide bonds. The largest absolute Gasteiger partial charge is 0.454 e. The molecule has 29 heavy (non-hydrogen) atoms. The third-order valence-corrected chi connectivity index (χ3v) is 5.56. The zero-order valence-corrected chi connectivity index (χ0v) is 16.4. The maximum atomic E-state index is 12.5. The highest BCUT2D eigenvalue weighted by molar-refractivity contribution is 6.00. The van der Waals surface area contributed by atoms with Crippen molar-refractivity contribution in [3.05, 3.63) is 71.8 Å². The van der Waals surface area contributed by atoms with Gasteiger partial charge >= 0.3 is 6.18 Å². The van der Waals surface area contributed by atoms with Crippen molar-refractivity contribution in [2.45, 2.75) is 37.8 Å². The van der Waals surface area contributed by atoms with Crippen LogP contribution in [0.2, 0.25) is 0 Å². The van der Waals surface area contributed by atoms with Crippen molar-refractivity contribution >= 4 is 5.78 Å². The van der Waals surface area contributed by atoms with Gasteiger partial charge in [0.15, 0.2) is 0 Å². The van der Waals surface area contributed by atoms with Gasteiger partial charge in [-0.25, -0.2) is 0 Å². The second kappa shape index (κ2) is 9.40. The van der Waals surface area contributed by atoms with Gasteiger partial charge in [-0.05, 0) is 54.2 Å². The Morgan fingerprint density at radius 2 is 1.52 bits per heavy atom. The number of carbonyl (C=O) groups excluding carboxylic acids is 1. The van der Waals surface area contributed by atoms with E-state index in [1.807, 2.05) is 12.1 Å². The van der Waals surface area contributed by atoms with Gasteiger partial charge in [-0.2, -0.15) is 13.2 Å². The number of methoxy groups -OCH3 is 1. The van der Waals surface area contributed by atoms with Crippen LogP contribution in [-0.2, 0) is 4.74 Å². The van der Waals surface area contributed by atoms with Crippen LogP contribution < -0.4 is 0 Å². The van der Waals surface area contributed by atoms with Gasteiger partial charge in [0.1, 0.15) is 0 Å². The number of alkyl halides is 3. The van der Waals surface area contributed by atoms with Crippen LogP contribution in [0.4, 0.5) is 13.2 Å². The summed E-state index contributed by atoms with van der Waals surface area (Å²) in [6.07, 6.45) is 4.14. The smallest absolute Gasteiger partial charge is 0.381 e. The molecule has 1 fully saturated rings. The van der Waals surface area contributed by atoms with Crippen LogP contribution in [0.15, 0.2) is 60.7 Å². The van der Waals surface area contributed by atoms with Gasteiger partial charge in [0.25, 0.3) is 5.78 Å². The molecule has 1 saturated carbocycles. The summed E-state index contributed by atoms with van der Waals surface area (Å²) in [5, 5.41) is 0. The molecule has 0 aliphatic heterocycles. The van der Waals surface area contributed by atoms with Gasteiger partial charge in [-0.3, -0.25) is 4.79 Å². The minimum Gasteiger partial charge on any atom is -0.381 e. The minimum atomic E-state index is -4.85. The van der Waals surface area contributed by atoms with Crippen LogP contribution in [0, 0.1) is 5.92 Å². The number of hydrogen-bond acceptors (Lipinski definition) is 2. The van der Waals surface area contributed by atoms with Gasteiger partial charge in [-0.15, -0.1) is 0 Å². The van der Waals surface area contributed by atoms with Crippen LogP contribution in [0.5, 0.6) is 0 Å². The molecule has 1 aliphatic rings. The number of halogens is 3. The second-order valence-corrected chi connectivity index (χ2v) is 7.52. The molecule has 0 heterocycles. The fourth-order valence-electron chi connectivity index (χ4n) is 3.91. The standard InChI is InChI=1S/C24H25F3O2/c1-29-16-2-3-17-4-6-18(7-5-17)19-8-10-20(11-9-19)21-12-14-22(15-13-21)23(28)24(25,26)27/h2-3,8-15,17-18H,4-7,16H2,1H3/b3-2+. The molecule has 2 aromatic rings. The molecule has 2 nitrogen and oxygen atoms in total. The molecule has 0 bridgehead atoms. The monoisotopic (exact) mass is 402 g/mol. The Balaban J connectivity index is 1.61. The van der Waals surface area contributed by atoms with E-state index >= 15 is 0 Å². The summed E-state index contributed by atoms with van der Waals surface area (Å²) in [4.78, 5) is 11.3. The number of Topliss-reactive ketones (excluding diaryl/α,β-unsaturated/α-hetero) is 1. The average molecular weight is 402 g/mol. The van der Waals surface area contributed by atoms with Gasteiger partial charge < -0.3 is 4.74 Å². The van der Waals surface area contributed by atoms with Crippen LogP contribution >= 0.6 is 0 Å². The molecule has 1 aliphatic carbocycles. The van der Waals surface area contributed by atoms with Crippen molar-refractivity contribution in [1.82, 2.24) is 0 Å². The Kier molecular flexibility index (Phi) is 6.91. The molecule has 0 radical (unpaired) electrons. The van der Waals surface area contributed by atoms with E-state index in [0.29, 0.717) is 18.4 Å². The van der Waals surface area contributed by atoms with Crippen molar-refractivity contribution in [1.29, 1.82) is 0 Å². The zero-order valence-electron chi connectivity index (χ0n) is 16.4. The molecule has 0 atom stereocenters. The van der Waals surface area contributed by atoms with Crippen molar-refractivity contribution in [2.75, 3.05) is 13.7 Å². The highest BCUT2D eigenvalue weighted by Gasteiger charge is 2.39. The molecule has 3 rings (SSSR count). The highest BCUT2D eigenvalue weighted by Crippen LogP contribution is 2.37. The van der Waals surface area contributed by atoms with Crippen LogP contribution in [0.1, 0.15) is 47.5 Å². The first kappa shape index (κ1) is 21.3.